The molecule has 22 heavy (non-hydrogen) atoms. The van der Waals surface area contributed by atoms with Gasteiger partial charge in [0.25, 0.3) is 5.91 Å². The van der Waals surface area contributed by atoms with Crippen LogP contribution in [0.15, 0.2) is 42.5 Å². The predicted octanol–water partition coefficient (Wildman–Crippen LogP) is 3.67. The normalized spacial score (nSPS) is 10.3. The van der Waals surface area contributed by atoms with Gasteiger partial charge < -0.3 is 10.1 Å². The van der Waals surface area contributed by atoms with Gasteiger partial charge in [-0.1, -0.05) is 36.8 Å². The van der Waals surface area contributed by atoms with Crippen LogP contribution in [0.25, 0.3) is 0 Å². The molecule has 2 rings (SSSR count). The minimum Gasteiger partial charge on any atom is -0.492 e. The summed E-state index contributed by atoms with van der Waals surface area (Å²) in [4.78, 5) is 12.1. The molecule has 1 N–H and O–H groups in total. The molecule has 0 heterocycles. The zero-order valence-electron chi connectivity index (χ0n) is 13.5. The monoisotopic (exact) mass is 297 g/mol. The Morgan fingerprint density at radius 3 is 2.45 bits per heavy atom. The lowest BCUT2D eigenvalue weighted by Crippen LogP contribution is -2.28. The lowest BCUT2D eigenvalue weighted by Gasteiger charge is -2.10. The van der Waals surface area contributed by atoms with Gasteiger partial charge in [-0.05, 0) is 49.6 Å². The van der Waals surface area contributed by atoms with Crippen LogP contribution in [0.1, 0.15) is 34.0 Å². The van der Waals surface area contributed by atoms with Crippen LogP contribution < -0.4 is 10.1 Å². The molecule has 3 nitrogen and oxygen atoms in total. The summed E-state index contributed by atoms with van der Waals surface area (Å²) in [5, 5.41) is 2.89. The van der Waals surface area contributed by atoms with Gasteiger partial charge in [0, 0.05) is 5.56 Å². The van der Waals surface area contributed by atoms with Crippen LogP contribution in [0.4, 0.5) is 0 Å². The molecule has 0 radical (unpaired) electrons. The topological polar surface area (TPSA) is 38.3 Å². The fourth-order valence-electron chi connectivity index (χ4n) is 2.32. The largest absolute Gasteiger partial charge is 0.492 e. The average molecular weight is 297 g/mol. The maximum absolute atomic E-state index is 12.1. The zero-order valence-corrected chi connectivity index (χ0v) is 13.5. The number of nitrogens with one attached hydrogen (secondary N) is 1. The molecule has 0 spiro atoms. The van der Waals surface area contributed by atoms with E-state index in [1.807, 2.05) is 44.2 Å². The number of carbonyl (C=O) groups excluding carboxylic acids is 1. The van der Waals surface area contributed by atoms with Crippen LogP contribution in [-0.4, -0.2) is 19.1 Å². The van der Waals surface area contributed by atoms with Crippen molar-refractivity contribution in [3.8, 4) is 5.75 Å². The third kappa shape index (κ3) is 4.35. The van der Waals surface area contributed by atoms with Crippen LogP contribution in [0.3, 0.4) is 0 Å². The summed E-state index contributed by atoms with van der Waals surface area (Å²) in [5.41, 5.74) is 4.16. The van der Waals surface area contributed by atoms with E-state index in [1.165, 1.54) is 5.56 Å². The molecule has 0 aliphatic rings. The van der Waals surface area contributed by atoms with Crippen molar-refractivity contribution in [1.29, 1.82) is 0 Å². The van der Waals surface area contributed by atoms with E-state index in [1.54, 1.807) is 0 Å². The molecule has 0 unspecified atom stereocenters. The minimum atomic E-state index is -0.0533. The smallest absolute Gasteiger partial charge is 0.251 e. The Kier molecular flexibility index (Phi) is 5.59. The number of rotatable bonds is 6. The number of carbonyl (C=O) groups is 1. The highest BCUT2D eigenvalue weighted by Crippen LogP contribution is 2.12. The lowest BCUT2D eigenvalue weighted by atomic mass is 10.1. The number of benzene rings is 2. The summed E-state index contributed by atoms with van der Waals surface area (Å²) >= 11 is 0. The molecule has 2 aromatic carbocycles. The summed E-state index contributed by atoms with van der Waals surface area (Å²) < 4.78 is 5.63. The van der Waals surface area contributed by atoms with Gasteiger partial charge in [0.2, 0.25) is 0 Å². The van der Waals surface area contributed by atoms with Gasteiger partial charge in [-0.3, -0.25) is 4.79 Å². The molecule has 0 aliphatic carbocycles. The summed E-state index contributed by atoms with van der Waals surface area (Å²) in [6, 6.07) is 13.9. The van der Waals surface area contributed by atoms with Crippen LogP contribution in [0.5, 0.6) is 5.75 Å². The SMILES string of the molecule is CCc1ccc(OCCNC(=O)c2ccc(C)cc2C)cc1. The molecule has 116 valence electrons. The van der Waals surface area contributed by atoms with Crippen molar-refractivity contribution in [2.24, 2.45) is 0 Å². The van der Waals surface area contributed by atoms with E-state index in [0.29, 0.717) is 13.2 Å². The Balaban J connectivity index is 1.79. The van der Waals surface area contributed by atoms with Crippen LogP contribution in [0, 0.1) is 13.8 Å². The molecular weight excluding hydrogens is 274 g/mol. The number of amides is 1. The van der Waals surface area contributed by atoms with E-state index in [-0.39, 0.29) is 5.91 Å². The number of aryl methyl sites for hydroxylation is 3. The molecule has 0 saturated heterocycles. The quantitative estimate of drug-likeness (QED) is 0.826. The zero-order chi connectivity index (χ0) is 15.9. The number of ether oxygens (including phenoxy) is 1. The third-order valence-corrected chi connectivity index (χ3v) is 3.61. The Morgan fingerprint density at radius 1 is 1.09 bits per heavy atom. The van der Waals surface area contributed by atoms with Crippen molar-refractivity contribution >= 4 is 5.91 Å². The van der Waals surface area contributed by atoms with Crippen LogP contribution in [-0.2, 0) is 6.42 Å². The molecule has 0 atom stereocenters. The predicted molar refractivity (Wildman–Crippen MR) is 89.6 cm³/mol. The van der Waals surface area contributed by atoms with Gasteiger partial charge in [-0.25, -0.2) is 0 Å². The fraction of sp³-hybridized carbons (Fsp3) is 0.316. The van der Waals surface area contributed by atoms with E-state index in [4.69, 9.17) is 4.74 Å². The van der Waals surface area contributed by atoms with Gasteiger partial charge in [0.1, 0.15) is 12.4 Å². The summed E-state index contributed by atoms with van der Waals surface area (Å²) in [6.45, 7) is 7.04. The summed E-state index contributed by atoms with van der Waals surface area (Å²) in [6.07, 6.45) is 1.02. The Labute approximate surface area is 132 Å². The lowest BCUT2D eigenvalue weighted by molar-refractivity contribution is 0.0946. The third-order valence-electron chi connectivity index (χ3n) is 3.61. The maximum atomic E-state index is 12.1. The second-order valence-electron chi connectivity index (χ2n) is 5.42. The highest BCUT2D eigenvalue weighted by Gasteiger charge is 2.08. The van der Waals surface area contributed by atoms with Gasteiger partial charge in [-0.2, -0.15) is 0 Å². The van der Waals surface area contributed by atoms with E-state index in [9.17, 15) is 4.79 Å². The highest BCUT2D eigenvalue weighted by molar-refractivity contribution is 5.95. The van der Waals surface area contributed by atoms with E-state index in [0.717, 1.165) is 28.9 Å². The van der Waals surface area contributed by atoms with Crippen LogP contribution in [0.2, 0.25) is 0 Å². The van der Waals surface area contributed by atoms with Crippen molar-refractivity contribution in [3.05, 3.63) is 64.7 Å². The highest BCUT2D eigenvalue weighted by atomic mass is 16.5. The van der Waals surface area contributed by atoms with Gasteiger partial charge in [0.15, 0.2) is 0 Å². The van der Waals surface area contributed by atoms with Crippen molar-refractivity contribution in [2.75, 3.05) is 13.2 Å². The second kappa shape index (κ2) is 7.64. The standard InChI is InChI=1S/C19H23NO2/c1-4-16-6-8-17(9-7-16)22-12-11-20-19(21)18-10-5-14(2)13-15(18)3/h5-10,13H,4,11-12H2,1-3H3,(H,20,21). The van der Waals surface area contributed by atoms with E-state index >= 15 is 0 Å². The van der Waals surface area contributed by atoms with Gasteiger partial charge in [0.05, 0.1) is 6.54 Å². The first kappa shape index (κ1) is 16.1. The molecule has 0 saturated carbocycles. The first-order valence-corrected chi connectivity index (χ1v) is 7.67. The Morgan fingerprint density at radius 2 is 1.82 bits per heavy atom. The first-order valence-electron chi connectivity index (χ1n) is 7.67. The van der Waals surface area contributed by atoms with Crippen LogP contribution >= 0.6 is 0 Å². The van der Waals surface area contributed by atoms with Crippen molar-refractivity contribution in [3.63, 3.8) is 0 Å². The molecule has 3 heteroatoms. The second-order valence-corrected chi connectivity index (χ2v) is 5.42. The summed E-state index contributed by atoms with van der Waals surface area (Å²) in [7, 11) is 0. The maximum Gasteiger partial charge on any atom is 0.251 e. The summed E-state index contributed by atoms with van der Waals surface area (Å²) in [5.74, 6) is 0.778. The molecule has 2 aromatic rings. The van der Waals surface area contributed by atoms with Crippen molar-refractivity contribution < 1.29 is 9.53 Å². The Bertz CT molecular complexity index is 632. The number of hydrogen-bond acceptors (Lipinski definition) is 2. The molecule has 0 aromatic heterocycles. The van der Waals surface area contributed by atoms with Gasteiger partial charge >= 0.3 is 0 Å². The van der Waals surface area contributed by atoms with Crippen molar-refractivity contribution in [1.82, 2.24) is 5.32 Å². The molecule has 0 aliphatic heterocycles. The Hall–Kier alpha value is -2.29. The van der Waals surface area contributed by atoms with Crippen molar-refractivity contribution in [2.45, 2.75) is 27.2 Å². The molecule has 0 fully saturated rings. The molecule has 0 bridgehead atoms. The fourth-order valence-corrected chi connectivity index (χ4v) is 2.32. The minimum absolute atomic E-state index is 0.0533. The first-order chi connectivity index (χ1) is 10.6. The van der Waals surface area contributed by atoms with Gasteiger partial charge in [-0.15, -0.1) is 0 Å². The molecule has 1 amide bonds. The molecular formula is C19H23NO2. The average Bonchev–Trinajstić information content (AvgIpc) is 2.52. The van der Waals surface area contributed by atoms with E-state index in [2.05, 4.69) is 24.4 Å². The number of hydrogen-bond donors (Lipinski definition) is 1. The van der Waals surface area contributed by atoms with E-state index < -0.39 is 0 Å².